The average Bonchev–Trinajstić information content (AvgIpc) is 2.66. The number of ether oxygens (including phenoxy) is 1. The minimum absolute atomic E-state index is 0.0175. The maximum atomic E-state index is 12.3. The standard InChI is InChI=1S/C20H27N3O2/c1-4-5-13-23(2)20(24)17-9-10-19(22-15-17)21-12-11-16-7-6-8-18(14-16)25-3/h6-10,14-15H,4-5,11-13H2,1-3H3,(H,21,22). The molecule has 0 bridgehead atoms. The van der Waals surface area contributed by atoms with Gasteiger partial charge in [-0.15, -0.1) is 0 Å². The number of aromatic nitrogens is 1. The van der Waals surface area contributed by atoms with Crippen molar-refractivity contribution >= 4 is 11.7 Å². The first kappa shape index (κ1) is 18.8. The van der Waals surface area contributed by atoms with Crippen LogP contribution in [0, 0.1) is 0 Å². The predicted molar refractivity (Wildman–Crippen MR) is 101 cm³/mol. The van der Waals surface area contributed by atoms with Crippen LogP contribution in [0.3, 0.4) is 0 Å². The first-order valence-electron chi connectivity index (χ1n) is 8.72. The zero-order valence-electron chi connectivity index (χ0n) is 15.3. The number of benzene rings is 1. The predicted octanol–water partition coefficient (Wildman–Crippen LogP) is 3.62. The summed E-state index contributed by atoms with van der Waals surface area (Å²) in [7, 11) is 3.50. The van der Waals surface area contributed by atoms with E-state index in [0.29, 0.717) is 5.56 Å². The van der Waals surface area contributed by atoms with Gasteiger partial charge in [-0.2, -0.15) is 0 Å². The van der Waals surface area contributed by atoms with E-state index in [0.717, 1.165) is 43.9 Å². The Bertz CT molecular complexity index is 671. The molecule has 0 aliphatic carbocycles. The fourth-order valence-corrected chi connectivity index (χ4v) is 2.51. The van der Waals surface area contributed by atoms with Crippen LogP contribution in [0.15, 0.2) is 42.6 Å². The Morgan fingerprint density at radius 2 is 2.12 bits per heavy atom. The average molecular weight is 341 g/mol. The van der Waals surface area contributed by atoms with Crippen molar-refractivity contribution in [2.75, 3.05) is 32.6 Å². The Labute approximate surface area is 150 Å². The summed E-state index contributed by atoms with van der Waals surface area (Å²) in [6.45, 7) is 3.66. The lowest BCUT2D eigenvalue weighted by Crippen LogP contribution is -2.27. The molecule has 0 saturated heterocycles. The molecular formula is C20H27N3O2. The van der Waals surface area contributed by atoms with E-state index in [-0.39, 0.29) is 5.91 Å². The van der Waals surface area contributed by atoms with E-state index in [4.69, 9.17) is 4.74 Å². The molecule has 1 amide bonds. The van der Waals surface area contributed by atoms with Crippen molar-refractivity contribution in [1.82, 2.24) is 9.88 Å². The first-order chi connectivity index (χ1) is 12.1. The van der Waals surface area contributed by atoms with Crippen molar-refractivity contribution in [3.63, 3.8) is 0 Å². The van der Waals surface area contributed by atoms with Gasteiger partial charge in [-0.3, -0.25) is 4.79 Å². The fourth-order valence-electron chi connectivity index (χ4n) is 2.51. The number of rotatable bonds is 9. The van der Waals surface area contributed by atoms with E-state index in [1.807, 2.05) is 37.4 Å². The van der Waals surface area contributed by atoms with Gasteiger partial charge in [-0.25, -0.2) is 4.98 Å². The van der Waals surface area contributed by atoms with Gasteiger partial charge in [0.15, 0.2) is 0 Å². The molecule has 1 aromatic carbocycles. The van der Waals surface area contributed by atoms with Crippen LogP contribution in [0.2, 0.25) is 0 Å². The van der Waals surface area contributed by atoms with Crippen LogP contribution in [-0.2, 0) is 6.42 Å². The molecule has 0 saturated carbocycles. The molecule has 5 heteroatoms. The van der Waals surface area contributed by atoms with Gasteiger partial charge < -0.3 is 15.0 Å². The van der Waals surface area contributed by atoms with Gasteiger partial charge in [-0.1, -0.05) is 25.5 Å². The largest absolute Gasteiger partial charge is 0.497 e. The van der Waals surface area contributed by atoms with Gasteiger partial charge in [0, 0.05) is 26.3 Å². The van der Waals surface area contributed by atoms with Crippen LogP contribution in [0.5, 0.6) is 5.75 Å². The van der Waals surface area contributed by atoms with E-state index in [2.05, 4.69) is 23.3 Å². The van der Waals surface area contributed by atoms with Crippen molar-refractivity contribution in [1.29, 1.82) is 0 Å². The number of carbonyl (C=O) groups excluding carboxylic acids is 1. The molecular weight excluding hydrogens is 314 g/mol. The zero-order valence-corrected chi connectivity index (χ0v) is 15.3. The normalized spacial score (nSPS) is 10.4. The lowest BCUT2D eigenvalue weighted by atomic mass is 10.1. The van der Waals surface area contributed by atoms with E-state index in [1.165, 1.54) is 5.56 Å². The highest BCUT2D eigenvalue weighted by Gasteiger charge is 2.11. The highest BCUT2D eigenvalue weighted by Crippen LogP contribution is 2.13. The monoisotopic (exact) mass is 341 g/mol. The highest BCUT2D eigenvalue weighted by molar-refractivity contribution is 5.93. The van der Waals surface area contributed by atoms with E-state index in [9.17, 15) is 4.79 Å². The molecule has 0 spiro atoms. The summed E-state index contributed by atoms with van der Waals surface area (Å²) in [6, 6.07) is 11.7. The summed E-state index contributed by atoms with van der Waals surface area (Å²) in [5.74, 6) is 1.66. The van der Waals surface area contributed by atoms with Crippen LogP contribution >= 0.6 is 0 Å². The molecule has 2 aromatic rings. The second kappa shape index (κ2) is 9.67. The Morgan fingerprint density at radius 1 is 1.28 bits per heavy atom. The molecule has 0 radical (unpaired) electrons. The summed E-state index contributed by atoms with van der Waals surface area (Å²) in [4.78, 5) is 18.4. The van der Waals surface area contributed by atoms with Crippen LogP contribution < -0.4 is 10.1 Å². The molecule has 0 aliphatic heterocycles. The third-order valence-electron chi connectivity index (χ3n) is 4.06. The van der Waals surface area contributed by atoms with Gasteiger partial charge >= 0.3 is 0 Å². The highest BCUT2D eigenvalue weighted by atomic mass is 16.5. The van der Waals surface area contributed by atoms with Crippen LogP contribution in [0.4, 0.5) is 5.82 Å². The molecule has 0 unspecified atom stereocenters. The van der Waals surface area contributed by atoms with Crippen LogP contribution in [0.1, 0.15) is 35.7 Å². The maximum absolute atomic E-state index is 12.3. The number of carbonyl (C=O) groups is 1. The summed E-state index contributed by atoms with van der Waals surface area (Å²) < 4.78 is 5.23. The minimum Gasteiger partial charge on any atom is -0.497 e. The first-order valence-corrected chi connectivity index (χ1v) is 8.72. The van der Waals surface area contributed by atoms with Crippen molar-refractivity contribution < 1.29 is 9.53 Å². The third-order valence-corrected chi connectivity index (χ3v) is 4.06. The lowest BCUT2D eigenvalue weighted by molar-refractivity contribution is 0.0793. The molecule has 2 rings (SSSR count). The van der Waals surface area contributed by atoms with Crippen molar-refractivity contribution in [3.8, 4) is 5.75 Å². The number of anilines is 1. The van der Waals surface area contributed by atoms with E-state index < -0.39 is 0 Å². The molecule has 5 nitrogen and oxygen atoms in total. The van der Waals surface area contributed by atoms with Crippen molar-refractivity contribution in [2.45, 2.75) is 26.2 Å². The molecule has 25 heavy (non-hydrogen) atoms. The van der Waals surface area contributed by atoms with E-state index in [1.54, 1.807) is 18.2 Å². The van der Waals surface area contributed by atoms with Gasteiger partial charge in [0.05, 0.1) is 12.7 Å². The van der Waals surface area contributed by atoms with E-state index >= 15 is 0 Å². The summed E-state index contributed by atoms with van der Waals surface area (Å²) in [6.07, 6.45) is 4.60. The van der Waals surface area contributed by atoms with Crippen molar-refractivity contribution in [3.05, 3.63) is 53.7 Å². The SMILES string of the molecule is CCCCN(C)C(=O)c1ccc(NCCc2cccc(OC)c2)nc1. The number of hydrogen-bond acceptors (Lipinski definition) is 4. The molecule has 1 aromatic heterocycles. The molecule has 0 aliphatic rings. The smallest absolute Gasteiger partial charge is 0.255 e. The molecule has 1 heterocycles. The third kappa shape index (κ3) is 5.78. The second-order valence-corrected chi connectivity index (χ2v) is 6.04. The number of unbranched alkanes of at least 4 members (excludes halogenated alkanes) is 1. The van der Waals surface area contributed by atoms with Gasteiger partial charge in [-0.05, 0) is 42.7 Å². The molecule has 0 atom stereocenters. The molecule has 1 N–H and O–H groups in total. The topological polar surface area (TPSA) is 54.5 Å². The number of nitrogens with one attached hydrogen (secondary N) is 1. The Kier molecular flexibility index (Phi) is 7.26. The minimum atomic E-state index is 0.0175. The number of nitrogens with zero attached hydrogens (tertiary/aromatic N) is 2. The molecule has 134 valence electrons. The number of hydrogen-bond donors (Lipinski definition) is 1. The maximum Gasteiger partial charge on any atom is 0.255 e. The summed E-state index contributed by atoms with van der Waals surface area (Å²) >= 11 is 0. The quantitative estimate of drug-likeness (QED) is 0.757. The Balaban J connectivity index is 1.84. The Hall–Kier alpha value is -2.56. The summed E-state index contributed by atoms with van der Waals surface area (Å²) in [5.41, 5.74) is 1.83. The van der Waals surface area contributed by atoms with Gasteiger partial charge in [0.25, 0.3) is 5.91 Å². The zero-order chi connectivity index (χ0) is 18.1. The number of amides is 1. The summed E-state index contributed by atoms with van der Waals surface area (Å²) in [5, 5.41) is 3.28. The lowest BCUT2D eigenvalue weighted by Gasteiger charge is -2.16. The van der Waals surface area contributed by atoms with Gasteiger partial charge in [0.2, 0.25) is 0 Å². The van der Waals surface area contributed by atoms with Crippen LogP contribution in [-0.4, -0.2) is 43.0 Å². The second-order valence-electron chi connectivity index (χ2n) is 6.04. The Morgan fingerprint density at radius 3 is 2.80 bits per heavy atom. The van der Waals surface area contributed by atoms with Crippen LogP contribution in [0.25, 0.3) is 0 Å². The van der Waals surface area contributed by atoms with Crippen molar-refractivity contribution in [2.24, 2.45) is 0 Å². The fraction of sp³-hybridized carbons (Fsp3) is 0.400. The number of methoxy groups -OCH3 is 1. The van der Waals surface area contributed by atoms with Gasteiger partial charge in [0.1, 0.15) is 11.6 Å². The number of pyridine rings is 1. The molecule has 0 fully saturated rings.